The Hall–Kier alpha value is -2.29. The molecule has 0 aliphatic carbocycles. The lowest BCUT2D eigenvalue weighted by Crippen LogP contribution is -2.36. The van der Waals surface area contributed by atoms with E-state index in [1.165, 1.54) is 17.6 Å². The second-order valence-corrected chi connectivity index (χ2v) is 2.72. The third kappa shape index (κ3) is 8.97. The van der Waals surface area contributed by atoms with Crippen LogP contribution in [0.2, 0.25) is 0 Å². The van der Waals surface area contributed by atoms with Crippen LogP contribution in [0, 0.1) is 0 Å². The molecule has 0 aliphatic heterocycles. The van der Waals surface area contributed by atoms with Crippen LogP contribution in [0.15, 0.2) is 30.3 Å². The quantitative estimate of drug-likeness (QED) is 0.365. The van der Waals surface area contributed by atoms with Crippen molar-refractivity contribution in [2.24, 2.45) is 0 Å². The molecule has 0 amide bonds. The van der Waals surface area contributed by atoms with Gasteiger partial charge in [0.25, 0.3) is 0 Å². The van der Waals surface area contributed by atoms with Gasteiger partial charge in [0.1, 0.15) is 0 Å². The Morgan fingerprint density at radius 3 is 1.78 bits per heavy atom. The standard InChI is InChI=1S/C7H7F3N2.C2H2O4/c8-7(9,10)12-11-6-4-2-1-3-5-6;3-1(4)2(5)6/h1-5,11-12H;(H,3,4)(H,5,6). The number of carboxylic acid groups (broad SMARTS) is 2. The Labute approximate surface area is 99.0 Å². The molecule has 0 aliphatic rings. The van der Waals surface area contributed by atoms with Crippen molar-refractivity contribution >= 4 is 17.6 Å². The highest BCUT2D eigenvalue weighted by Crippen LogP contribution is 2.10. The zero-order valence-electron chi connectivity index (χ0n) is 8.73. The molecule has 6 nitrogen and oxygen atoms in total. The number of nitrogens with one attached hydrogen (secondary N) is 2. The predicted molar refractivity (Wildman–Crippen MR) is 54.5 cm³/mol. The molecule has 0 bridgehead atoms. The first kappa shape index (κ1) is 15.7. The number of benzene rings is 1. The van der Waals surface area contributed by atoms with Gasteiger partial charge in [-0.1, -0.05) is 18.2 Å². The summed E-state index contributed by atoms with van der Waals surface area (Å²) < 4.78 is 34.7. The second kappa shape index (κ2) is 7.12. The number of rotatable bonds is 2. The first-order chi connectivity index (χ1) is 8.22. The molecule has 0 saturated heterocycles. The molecule has 4 N–H and O–H groups in total. The molecule has 1 aromatic carbocycles. The number of hydrazine groups is 1. The van der Waals surface area contributed by atoms with Crippen molar-refractivity contribution in [3.8, 4) is 0 Å². The normalized spacial score (nSPS) is 9.94. The Bertz CT molecular complexity index is 383. The summed E-state index contributed by atoms with van der Waals surface area (Å²) in [6, 6.07) is 8.05. The second-order valence-electron chi connectivity index (χ2n) is 2.72. The van der Waals surface area contributed by atoms with E-state index >= 15 is 0 Å². The van der Waals surface area contributed by atoms with Gasteiger partial charge < -0.3 is 15.6 Å². The number of halogens is 3. The zero-order valence-corrected chi connectivity index (χ0v) is 8.73. The maximum absolute atomic E-state index is 11.6. The number of anilines is 1. The minimum Gasteiger partial charge on any atom is -0.473 e. The smallest absolute Gasteiger partial charge is 0.473 e. The van der Waals surface area contributed by atoms with Gasteiger partial charge in [-0.2, -0.15) is 13.2 Å². The Morgan fingerprint density at radius 1 is 1.00 bits per heavy atom. The van der Waals surface area contributed by atoms with Crippen LogP contribution in [0.3, 0.4) is 0 Å². The van der Waals surface area contributed by atoms with E-state index in [-0.39, 0.29) is 0 Å². The zero-order chi connectivity index (χ0) is 14.2. The van der Waals surface area contributed by atoms with E-state index in [1.54, 1.807) is 18.2 Å². The molecular weight excluding hydrogens is 257 g/mol. The van der Waals surface area contributed by atoms with Gasteiger partial charge in [0.05, 0.1) is 0 Å². The minimum atomic E-state index is -4.41. The van der Waals surface area contributed by atoms with Crippen molar-refractivity contribution in [1.82, 2.24) is 5.43 Å². The van der Waals surface area contributed by atoms with Crippen LogP contribution in [0.4, 0.5) is 18.9 Å². The lowest BCUT2D eigenvalue weighted by atomic mass is 10.3. The van der Waals surface area contributed by atoms with Crippen LogP contribution in [0.1, 0.15) is 0 Å². The van der Waals surface area contributed by atoms with Crippen molar-refractivity contribution in [2.75, 3.05) is 5.43 Å². The van der Waals surface area contributed by atoms with Crippen LogP contribution < -0.4 is 10.9 Å². The molecule has 0 radical (unpaired) electrons. The average molecular weight is 266 g/mol. The fourth-order valence-corrected chi connectivity index (χ4v) is 0.665. The topological polar surface area (TPSA) is 98.7 Å². The molecule has 1 rings (SSSR count). The third-order valence-electron chi connectivity index (χ3n) is 1.31. The number of aliphatic carboxylic acids is 2. The van der Waals surface area contributed by atoms with E-state index in [0.717, 1.165) is 0 Å². The Kier molecular flexibility index (Phi) is 6.21. The molecule has 9 heteroatoms. The van der Waals surface area contributed by atoms with E-state index in [1.807, 2.05) is 5.43 Å². The lowest BCUT2D eigenvalue weighted by molar-refractivity contribution is -0.159. The molecule has 0 atom stereocenters. The van der Waals surface area contributed by atoms with Gasteiger partial charge in [-0.3, -0.25) is 0 Å². The molecule has 1 aromatic rings. The average Bonchev–Trinajstić information content (AvgIpc) is 2.27. The highest BCUT2D eigenvalue weighted by Gasteiger charge is 2.26. The van der Waals surface area contributed by atoms with Gasteiger partial charge in [0, 0.05) is 5.69 Å². The SMILES string of the molecule is FC(F)(F)NNc1ccccc1.O=C(O)C(=O)O. The van der Waals surface area contributed by atoms with Crippen molar-refractivity contribution in [3.63, 3.8) is 0 Å². The van der Waals surface area contributed by atoms with Gasteiger partial charge in [-0.15, -0.1) is 5.43 Å². The van der Waals surface area contributed by atoms with Crippen LogP contribution >= 0.6 is 0 Å². The van der Waals surface area contributed by atoms with Gasteiger partial charge in [0.15, 0.2) is 0 Å². The van der Waals surface area contributed by atoms with E-state index in [0.29, 0.717) is 5.69 Å². The maximum atomic E-state index is 11.6. The number of hydrogen-bond donors (Lipinski definition) is 4. The number of carbonyl (C=O) groups is 2. The Morgan fingerprint density at radius 2 is 1.44 bits per heavy atom. The molecule has 18 heavy (non-hydrogen) atoms. The Balaban J connectivity index is 0.000000411. The lowest BCUT2D eigenvalue weighted by Gasteiger charge is -2.10. The summed E-state index contributed by atoms with van der Waals surface area (Å²) >= 11 is 0. The number of para-hydroxylation sites is 1. The molecular formula is C9H9F3N2O4. The molecule has 0 aromatic heterocycles. The van der Waals surface area contributed by atoms with Crippen molar-refractivity contribution in [2.45, 2.75) is 6.30 Å². The number of hydrogen-bond acceptors (Lipinski definition) is 4. The molecule has 0 unspecified atom stereocenters. The van der Waals surface area contributed by atoms with Gasteiger partial charge in [-0.25, -0.2) is 9.59 Å². The van der Waals surface area contributed by atoms with Crippen LogP contribution in [-0.2, 0) is 9.59 Å². The van der Waals surface area contributed by atoms with Gasteiger partial charge in [0.2, 0.25) is 0 Å². The summed E-state index contributed by atoms with van der Waals surface area (Å²) in [5, 5.41) is 14.8. The summed E-state index contributed by atoms with van der Waals surface area (Å²) in [6.07, 6.45) is -4.41. The molecule has 0 saturated carbocycles. The van der Waals surface area contributed by atoms with Crippen molar-refractivity contribution in [3.05, 3.63) is 30.3 Å². The van der Waals surface area contributed by atoms with Gasteiger partial charge in [-0.05, 0) is 12.1 Å². The van der Waals surface area contributed by atoms with Crippen LogP contribution in [-0.4, -0.2) is 28.5 Å². The molecule has 100 valence electrons. The number of alkyl halides is 3. The minimum absolute atomic E-state index is 0.370. The maximum Gasteiger partial charge on any atom is 0.474 e. The first-order valence-electron chi connectivity index (χ1n) is 4.33. The third-order valence-corrected chi connectivity index (χ3v) is 1.31. The van der Waals surface area contributed by atoms with E-state index in [4.69, 9.17) is 19.8 Å². The summed E-state index contributed by atoms with van der Waals surface area (Å²) in [4.78, 5) is 18.2. The first-order valence-corrected chi connectivity index (χ1v) is 4.33. The predicted octanol–water partition coefficient (Wildman–Crippen LogP) is 1.28. The molecule has 0 spiro atoms. The highest BCUT2D eigenvalue weighted by molar-refractivity contribution is 6.27. The summed E-state index contributed by atoms with van der Waals surface area (Å²) in [6.45, 7) is 0. The largest absolute Gasteiger partial charge is 0.474 e. The van der Waals surface area contributed by atoms with Crippen molar-refractivity contribution in [1.29, 1.82) is 0 Å². The van der Waals surface area contributed by atoms with Crippen LogP contribution in [0.5, 0.6) is 0 Å². The van der Waals surface area contributed by atoms with Crippen LogP contribution in [0.25, 0.3) is 0 Å². The van der Waals surface area contributed by atoms with E-state index < -0.39 is 18.2 Å². The summed E-state index contributed by atoms with van der Waals surface area (Å²) in [5.74, 6) is -3.65. The molecule has 0 heterocycles. The summed E-state index contributed by atoms with van der Waals surface area (Å²) in [7, 11) is 0. The van der Waals surface area contributed by atoms with E-state index in [2.05, 4.69) is 0 Å². The van der Waals surface area contributed by atoms with E-state index in [9.17, 15) is 13.2 Å². The van der Waals surface area contributed by atoms with Gasteiger partial charge >= 0.3 is 18.2 Å². The fraction of sp³-hybridized carbons (Fsp3) is 0.111. The monoisotopic (exact) mass is 266 g/mol. The van der Waals surface area contributed by atoms with Crippen molar-refractivity contribution < 1.29 is 33.0 Å². The fourth-order valence-electron chi connectivity index (χ4n) is 0.665. The molecule has 0 fully saturated rings. The number of carboxylic acids is 2. The highest BCUT2D eigenvalue weighted by atomic mass is 19.4. The summed E-state index contributed by atoms with van der Waals surface area (Å²) in [5.41, 5.74) is 3.57.